The minimum atomic E-state index is -0.281. The van der Waals surface area contributed by atoms with Gasteiger partial charge in [0.05, 0.1) is 0 Å². The van der Waals surface area contributed by atoms with Gasteiger partial charge in [-0.1, -0.05) is 36.0 Å². The Labute approximate surface area is 208 Å². The molecule has 1 fully saturated rings. The van der Waals surface area contributed by atoms with Gasteiger partial charge in [-0.3, -0.25) is 19.0 Å². The molecule has 1 aromatic carbocycles. The number of fused-ring (bicyclic) bond motifs is 1. The molecule has 3 aromatic rings. The first-order valence-electron chi connectivity index (χ1n) is 12.0. The highest BCUT2D eigenvalue weighted by molar-refractivity contribution is 7.22. The molecule has 35 heavy (non-hydrogen) atoms. The van der Waals surface area contributed by atoms with Crippen molar-refractivity contribution in [2.24, 2.45) is 5.92 Å². The van der Waals surface area contributed by atoms with Crippen LogP contribution in [0.25, 0.3) is 10.3 Å². The van der Waals surface area contributed by atoms with Crippen molar-refractivity contribution in [3.05, 3.63) is 45.5 Å². The average Bonchev–Trinajstić information content (AvgIpc) is 3.27. The topological polar surface area (TPSA) is 109 Å². The van der Waals surface area contributed by atoms with Crippen molar-refractivity contribution in [1.29, 1.82) is 0 Å². The second kappa shape index (κ2) is 10.6. The molecule has 1 aliphatic rings. The number of benzene rings is 1. The number of aryl methyl sites for hydroxylation is 3. The maximum absolute atomic E-state index is 13.1. The van der Waals surface area contributed by atoms with Gasteiger partial charge >= 0.3 is 0 Å². The van der Waals surface area contributed by atoms with E-state index >= 15 is 0 Å². The Balaban J connectivity index is 1.44. The number of carbonyl (C=O) groups is 2. The van der Waals surface area contributed by atoms with E-state index in [9.17, 15) is 14.4 Å². The van der Waals surface area contributed by atoms with Crippen molar-refractivity contribution < 1.29 is 9.59 Å². The van der Waals surface area contributed by atoms with Gasteiger partial charge in [-0.2, -0.15) is 4.98 Å². The lowest BCUT2D eigenvalue weighted by atomic mass is 9.96. The van der Waals surface area contributed by atoms with Crippen molar-refractivity contribution in [2.45, 2.75) is 53.5 Å². The van der Waals surface area contributed by atoms with Gasteiger partial charge in [0.1, 0.15) is 17.6 Å². The van der Waals surface area contributed by atoms with E-state index in [4.69, 9.17) is 0 Å². The first kappa shape index (κ1) is 24.8. The molecule has 0 spiro atoms. The highest BCUT2D eigenvalue weighted by atomic mass is 32.1. The maximum Gasteiger partial charge on any atom is 0.273 e. The van der Waals surface area contributed by atoms with Crippen molar-refractivity contribution in [3.8, 4) is 0 Å². The minimum absolute atomic E-state index is 0.0156. The predicted octanol–water partition coefficient (Wildman–Crippen LogP) is 3.16. The molecule has 186 valence electrons. The van der Waals surface area contributed by atoms with Crippen LogP contribution >= 0.6 is 11.3 Å². The molecule has 2 aromatic heterocycles. The standard InChI is InChI=1S/C25H32N6O3S/c1-5-8-26-23(33)18-6-9-30(10-7-18)25-29-22-21(35-25)24(34)31(14-27-22)13-19(32)28-20-16(3)11-15(2)12-17(20)4/h11-12,14,18H,5-10,13H2,1-4H3,(H,26,33)(H,28,32). The van der Waals surface area contributed by atoms with Gasteiger partial charge in [0.2, 0.25) is 11.8 Å². The van der Waals surface area contributed by atoms with E-state index in [0.717, 1.165) is 46.8 Å². The van der Waals surface area contributed by atoms with Crippen LogP contribution in [-0.2, 0) is 16.1 Å². The summed E-state index contributed by atoms with van der Waals surface area (Å²) in [5.74, 6) is -0.145. The smallest absolute Gasteiger partial charge is 0.273 e. The van der Waals surface area contributed by atoms with E-state index in [2.05, 4.69) is 25.5 Å². The molecule has 0 unspecified atom stereocenters. The van der Waals surface area contributed by atoms with Gasteiger partial charge in [0.25, 0.3) is 5.56 Å². The van der Waals surface area contributed by atoms with E-state index in [1.165, 1.54) is 22.2 Å². The van der Waals surface area contributed by atoms with Crippen molar-refractivity contribution in [2.75, 3.05) is 29.9 Å². The molecule has 1 saturated heterocycles. The zero-order valence-corrected chi connectivity index (χ0v) is 21.5. The molecule has 3 heterocycles. The van der Waals surface area contributed by atoms with Crippen molar-refractivity contribution in [1.82, 2.24) is 19.9 Å². The fourth-order valence-electron chi connectivity index (χ4n) is 4.52. The van der Waals surface area contributed by atoms with Gasteiger partial charge < -0.3 is 15.5 Å². The number of carbonyl (C=O) groups excluding carboxylic acids is 2. The number of rotatable bonds is 7. The molecule has 0 bridgehead atoms. The lowest BCUT2D eigenvalue weighted by Gasteiger charge is -2.30. The molecule has 0 radical (unpaired) electrons. The molecule has 0 saturated carbocycles. The molecule has 1 aliphatic heterocycles. The zero-order chi connectivity index (χ0) is 25.1. The van der Waals surface area contributed by atoms with Gasteiger partial charge in [0, 0.05) is 31.2 Å². The number of aromatic nitrogens is 3. The number of hydrogen-bond donors (Lipinski definition) is 2. The molecular weight excluding hydrogens is 464 g/mol. The van der Waals surface area contributed by atoms with Gasteiger partial charge in [-0.15, -0.1) is 0 Å². The molecule has 10 heteroatoms. The molecule has 9 nitrogen and oxygen atoms in total. The second-order valence-corrected chi connectivity index (χ2v) is 10.2. The summed E-state index contributed by atoms with van der Waals surface area (Å²) in [6.07, 6.45) is 3.81. The van der Waals surface area contributed by atoms with E-state index in [1.807, 2.05) is 39.8 Å². The minimum Gasteiger partial charge on any atom is -0.356 e. The Morgan fingerprint density at radius 2 is 1.83 bits per heavy atom. The molecule has 2 N–H and O–H groups in total. The maximum atomic E-state index is 13.1. The summed E-state index contributed by atoms with van der Waals surface area (Å²) >= 11 is 1.29. The Kier molecular flexibility index (Phi) is 7.49. The van der Waals surface area contributed by atoms with Gasteiger partial charge in [-0.05, 0) is 51.2 Å². The lowest BCUT2D eigenvalue weighted by molar-refractivity contribution is -0.125. The summed E-state index contributed by atoms with van der Waals surface area (Å²) in [7, 11) is 0. The largest absolute Gasteiger partial charge is 0.356 e. The summed E-state index contributed by atoms with van der Waals surface area (Å²) in [6, 6.07) is 4.03. The Morgan fingerprint density at radius 1 is 1.14 bits per heavy atom. The van der Waals surface area contributed by atoms with Crippen LogP contribution in [0.4, 0.5) is 10.8 Å². The number of thiazole rings is 1. The lowest BCUT2D eigenvalue weighted by Crippen LogP contribution is -2.40. The summed E-state index contributed by atoms with van der Waals surface area (Å²) in [6.45, 7) is 9.95. The highest BCUT2D eigenvalue weighted by Crippen LogP contribution is 2.29. The summed E-state index contributed by atoms with van der Waals surface area (Å²) < 4.78 is 1.75. The third-order valence-electron chi connectivity index (χ3n) is 6.31. The van der Waals surface area contributed by atoms with Crippen LogP contribution < -0.4 is 21.1 Å². The normalized spacial score (nSPS) is 14.3. The number of nitrogens with zero attached hydrogens (tertiary/aromatic N) is 4. The monoisotopic (exact) mass is 496 g/mol. The summed E-state index contributed by atoms with van der Waals surface area (Å²) in [5.41, 5.74) is 3.98. The van der Waals surface area contributed by atoms with Crippen LogP contribution in [-0.4, -0.2) is 46.0 Å². The van der Waals surface area contributed by atoms with Crippen LogP contribution in [0.3, 0.4) is 0 Å². The zero-order valence-electron chi connectivity index (χ0n) is 20.7. The van der Waals surface area contributed by atoms with Crippen molar-refractivity contribution in [3.63, 3.8) is 0 Å². The number of nitrogens with one attached hydrogen (secondary N) is 2. The van der Waals surface area contributed by atoms with E-state index in [0.29, 0.717) is 30.0 Å². The summed E-state index contributed by atoms with van der Waals surface area (Å²) in [4.78, 5) is 49.0. The van der Waals surface area contributed by atoms with Crippen LogP contribution in [0.5, 0.6) is 0 Å². The number of piperidine rings is 1. The quantitative estimate of drug-likeness (QED) is 0.520. The molecule has 4 rings (SSSR count). The van der Waals surface area contributed by atoms with Crippen LogP contribution in [0, 0.1) is 26.7 Å². The molecular formula is C25H32N6O3S. The summed E-state index contributed by atoms with van der Waals surface area (Å²) in [5, 5.41) is 6.63. The Morgan fingerprint density at radius 3 is 2.49 bits per heavy atom. The van der Waals surface area contributed by atoms with Crippen LogP contribution in [0.15, 0.2) is 23.3 Å². The Hall–Kier alpha value is -3.27. The molecule has 0 aliphatic carbocycles. The average molecular weight is 497 g/mol. The van der Waals surface area contributed by atoms with E-state index in [-0.39, 0.29) is 29.8 Å². The number of hydrogen-bond acceptors (Lipinski definition) is 7. The highest BCUT2D eigenvalue weighted by Gasteiger charge is 2.27. The SMILES string of the molecule is CCCNC(=O)C1CCN(c2nc3ncn(CC(=O)Nc4c(C)cc(C)cc4C)c(=O)c3s2)CC1. The van der Waals surface area contributed by atoms with E-state index in [1.54, 1.807) is 0 Å². The first-order valence-corrected chi connectivity index (χ1v) is 12.8. The van der Waals surface area contributed by atoms with Gasteiger partial charge in [0.15, 0.2) is 10.8 Å². The van der Waals surface area contributed by atoms with Crippen LogP contribution in [0.2, 0.25) is 0 Å². The second-order valence-electron chi connectivity index (χ2n) is 9.20. The van der Waals surface area contributed by atoms with E-state index < -0.39 is 0 Å². The fourth-order valence-corrected chi connectivity index (χ4v) is 5.54. The third-order valence-corrected chi connectivity index (χ3v) is 7.41. The number of anilines is 2. The Bertz CT molecular complexity index is 1280. The van der Waals surface area contributed by atoms with Gasteiger partial charge in [-0.25, -0.2) is 4.98 Å². The number of amides is 2. The predicted molar refractivity (Wildman–Crippen MR) is 139 cm³/mol. The molecule has 2 amide bonds. The first-order chi connectivity index (χ1) is 16.8. The molecule has 0 atom stereocenters. The fraction of sp³-hybridized carbons (Fsp3) is 0.480. The van der Waals surface area contributed by atoms with Crippen molar-refractivity contribution >= 4 is 44.3 Å². The third kappa shape index (κ3) is 5.53. The van der Waals surface area contributed by atoms with Crippen LogP contribution in [0.1, 0.15) is 42.9 Å².